The third kappa shape index (κ3) is 3.50. The number of hydrogen-bond donors (Lipinski definition) is 0. The Bertz CT molecular complexity index is 465. The molecular formula is C14H17F2NO2. The quantitative estimate of drug-likeness (QED) is 0.789. The maximum atomic E-state index is 13.6. The first-order valence-electron chi connectivity index (χ1n) is 6.34. The number of benzene rings is 1. The van der Waals surface area contributed by atoms with Gasteiger partial charge in [-0.15, -0.1) is 0 Å². The molecular weight excluding hydrogens is 252 g/mol. The molecule has 104 valence electrons. The van der Waals surface area contributed by atoms with E-state index in [1.165, 1.54) is 19.2 Å². The van der Waals surface area contributed by atoms with E-state index in [1.54, 1.807) is 0 Å². The molecule has 1 unspecified atom stereocenters. The van der Waals surface area contributed by atoms with Gasteiger partial charge in [-0.2, -0.15) is 0 Å². The number of nitrogens with zero attached hydrogens (tertiary/aromatic N) is 1. The maximum Gasteiger partial charge on any atom is 0.309 e. The highest BCUT2D eigenvalue weighted by Gasteiger charge is 2.26. The Morgan fingerprint density at radius 2 is 2.26 bits per heavy atom. The summed E-state index contributed by atoms with van der Waals surface area (Å²) in [5.41, 5.74) is 0.451. The highest BCUT2D eigenvalue weighted by molar-refractivity contribution is 5.72. The van der Waals surface area contributed by atoms with Crippen molar-refractivity contribution in [2.24, 2.45) is 5.92 Å². The van der Waals surface area contributed by atoms with Crippen LogP contribution in [0.1, 0.15) is 18.4 Å². The summed E-state index contributed by atoms with van der Waals surface area (Å²) in [7, 11) is 1.38. The van der Waals surface area contributed by atoms with Gasteiger partial charge in [-0.05, 0) is 25.5 Å². The molecule has 3 nitrogen and oxygen atoms in total. The van der Waals surface area contributed by atoms with Crippen LogP contribution < -0.4 is 0 Å². The van der Waals surface area contributed by atoms with Crippen LogP contribution in [0.15, 0.2) is 18.2 Å². The SMILES string of the molecule is COC(=O)C1CCCN(Cc2ccc(F)cc2F)C1. The van der Waals surface area contributed by atoms with Gasteiger partial charge in [0.05, 0.1) is 13.0 Å². The second-order valence-corrected chi connectivity index (χ2v) is 4.83. The number of carbonyl (C=O) groups excluding carboxylic acids is 1. The molecule has 1 fully saturated rings. The smallest absolute Gasteiger partial charge is 0.309 e. The Morgan fingerprint density at radius 1 is 1.47 bits per heavy atom. The summed E-state index contributed by atoms with van der Waals surface area (Å²) in [4.78, 5) is 13.5. The summed E-state index contributed by atoms with van der Waals surface area (Å²) in [6, 6.07) is 3.59. The Balaban J connectivity index is 2.00. The summed E-state index contributed by atoms with van der Waals surface area (Å²) < 4.78 is 31.1. The fourth-order valence-electron chi connectivity index (χ4n) is 2.45. The van der Waals surface area contributed by atoms with Crippen LogP contribution in [0.5, 0.6) is 0 Å². The van der Waals surface area contributed by atoms with Crippen LogP contribution in [0.2, 0.25) is 0 Å². The molecule has 2 rings (SSSR count). The van der Waals surface area contributed by atoms with Crippen LogP contribution in [0.3, 0.4) is 0 Å². The fraction of sp³-hybridized carbons (Fsp3) is 0.500. The Labute approximate surface area is 111 Å². The number of hydrogen-bond acceptors (Lipinski definition) is 3. The van der Waals surface area contributed by atoms with Crippen molar-refractivity contribution in [3.63, 3.8) is 0 Å². The molecule has 5 heteroatoms. The van der Waals surface area contributed by atoms with Gasteiger partial charge in [0.25, 0.3) is 0 Å². The zero-order valence-electron chi connectivity index (χ0n) is 10.9. The van der Waals surface area contributed by atoms with Gasteiger partial charge >= 0.3 is 5.97 Å². The lowest BCUT2D eigenvalue weighted by atomic mass is 9.97. The fourth-order valence-corrected chi connectivity index (χ4v) is 2.45. The summed E-state index contributed by atoms with van der Waals surface area (Å²) >= 11 is 0. The second kappa shape index (κ2) is 6.10. The molecule has 1 saturated heterocycles. The predicted molar refractivity (Wildman–Crippen MR) is 66.4 cm³/mol. The molecule has 0 aliphatic carbocycles. The predicted octanol–water partition coefficient (Wildman–Crippen LogP) is 2.35. The van der Waals surface area contributed by atoms with Crippen molar-refractivity contribution in [2.75, 3.05) is 20.2 Å². The summed E-state index contributed by atoms with van der Waals surface area (Å²) in [6.07, 6.45) is 1.68. The first-order valence-corrected chi connectivity index (χ1v) is 6.34. The van der Waals surface area contributed by atoms with Crippen molar-refractivity contribution >= 4 is 5.97 Å². The van der Waals surface area contributed by atoms with Gasteiger partial charge in [-0.25, -0.2) is 8.78 Å². The van der Waals surface area contributed by atoms with Crippen LogP contribution >= 0.6 is 0 Å². The van der Waals surface area contributed by atoms with Gasteiger partial charge in [0.15, 0.2) is 0 Å². The molecule has 1 aromatic carbocycles. The first-order chi connectivity index (χ1) is 9.10. The summed E-state index contributed by atoms with van der Waals surface area (Å²) in [6.45, 7) is 1.76. The van der Waals surface area contributed by atoms with Crippen LogP contribution in [0.4, 0.5) is 8.78 Å². The van der Waals surface area contributed by atoms with E-state index in [2.05, 4.69) is 0 Å². The normalized spacial score (nSPS) is 20.3. The second-order valence-electron chi connectivity index (χ2n) is 4.83. The van der Waals surface area contributed by atoms with Gasteiger partial charge in [-0.1, -0.05) is 6.07 Å². The summed E-state index contributed by atoms with van der Waals surface area (Å²) in [5, 5.41) is 0. The van der Waals surface area contributed by atoms with Crippen molar-refractivity contribution < 1.29 is 18.3 Å². The van der Waals surface area contributed by atoms with Gasteiger partial charge in [-0.3, -0.25) is 9.69 Å². The van der Waals surface area contributed by atoms with Crippen LogP contribution in [0.25, 0.3) is 0 Å². The van der Waals surface area contributed by atoms with Crippen molar-refractivity contribution in [2.45, 2.75) is 19.4 Å². The van der Waals surface area contributed by atoms with Gasteiger partial charge in [0.2, 0.25) is 0 Å². The molecule has 1 aliphatic heterocycles. The van der Waals surface area contributed by atoms with Gasteiger partial charge in [0.1, 0.15) is 11.6 Å². The van der Waals surface area contributed by atoms with E-state index in [0.717, 1.165) is 25.5 Å². The first kappa shape index (κ1) is 13.9. The number of halogens is 2. The van der Waals surface area contributed by atoms with Crippen molar-refractivity contribution in [1.82, 2.24) is 4.90 Å². The maximum absolute atomic E-state index is 13.6. The van der Waals surface area contributed by atoms with E-state index < -0.39 is 11.6 Å². The van der Waals surface area contributed by atoms with Crippen LogP contribution in [-0.4, -0.2) is 31.1 Å². The van der Waals surface area contributed by atoms with E-state index in [-0.39, 0.29) is 11.9 Å². The van der Waals surface area contributed by atoms with Gasteiger partial charge in [0, 0.05) is 24.7 Å². The molecule has 0 saturated carbocycles. The lowest BCUT2D eigenvalue weighted by molar-refractivity contribution is -0.147. The monoisotopic (exact) mass is 269 g/mol. The van der Waals surface area contributed by atoms with E-state index in [0.29, 0.717) is 18.7 Å². The standard InChI is InChI=1S/C14H17F2NO2/c1-19-14(18)11-3-2-6-17(9-11)8-10-4-5-12(15)7-13(10)16/h4-5,7,11H,2-3,6,8-9H2,1H3. The largest absolute Gasteiger partial charge is 0.469 e. The van der Waals surface area contributed by atoms with E-state index >= 15 is 0 Å². The molecule has 19 heavy (non-hydrogen) atoms. The Morgan fingerprint density at radius 3 is 2.95 bits per heavy atom. The molecule has 0 radical (unpaired) electrons. The van der Waals surface area contributed by atoms with E-state index in [1.807, 2.05) is 4.90 Å². The molecule has 0 amide bonds. The number of piperidine rings is 1. The third-order valence-electron chi connectivity index (χ3n) is 3.45. The number of methoxy groups -OCH3 is 1. The molecule has 1 heterocycles. The average molecular weight is 269 g/mol. The molecule has 0 N–H and O–H groups in total. The summed E-state index contributed by atoms with van der Waals surface area (Å²) in [5.74, 6) is -1.49. The molecule has 0 spiro atoms. The lowest BCUT2D eigenvalue weighted by Gasteiger charge is -2.31. The zero-order valence-corrected chi connectivity index (χ0v) is 10.9. The molecule has 0 aromatic heterocycles. The Hall–Kier alpha value is -1.49. The number of ether oxygens (including phenoxy) is 1. The van der Waals surface area contributed by atoms with E-state index in [9.17, 15) is 13.6 Å². The average Bonchev–Trinajstić information content (AvgIpc) is 2.41. The van der Waals surface area contributed by atoms with Gasteiger partial charge < -0.3 is 4.74 Å². The van der Waals surface area contributed by atoms with E-state index in [4.69, 9.17) is 4.74 Å². The topological polar surface area (TPSA) is 29.5 Å². The van der Waals surface area contributed by atoms with Crippen LogP contribution in [-0.2, 0) is 16.1 Å². The highest BCUT2D eigenvalue weighted by Crippen LogP contribution is 2.20. The number of carbonyl (C=O) groups is 1. The highest BCUT2D eigenvalue weighted by atomic mass is 19.1. The molecule has 1 atom stereocenters. The number of rotatable bonds is 3. The lowest BCUT2D eigenvalue weighted by Crippen LogP contribution is -2.38. The number of esters is 1. The van der Waals surface area contributed by atoms with Crippen molar-refractivity contribution in [3.8, 4) is 0 Å². The number of likely N-dealkylation sites (tertiary alicyclic amines) is 1. The molecule has 1 aliphatic rings. The third-order valence-corrected chi connectivity index (χ3v) is 3.45. The minimum absolute atomic E-state index is 0.151. The molecule has 1 aromatic rings. The Kier molecular flexibility index (Phi) is 4.47. The van der Waals surface area contributed by atoms with Crippen molar-refractivity contribution in [3.05, 3.63) is 35.4 Å². The van der Waals surface area contributed by atoms with Crippen LogP contribution in [0, 0.1) is 17.6 Å². The molecule has 0 bridgehead atoms. The van der Waals surface area contributed by atoms with Crippen molar-refractivity contribution in [1.29, 1.82) is 0 Å². The minimum atomic E-state index is -0.577. The minimum Gasteiger partial charge on any atom is -0.469 e. The zero-order chi connectivity index (χ0) is 13.8.